The van der Waals surface area contributed by atoms with Crippen LogP contribution in [0.3, 0.4) is 0 Å². The van der Waals surface area contributed by atoms with Crippen LogP contribution in [0.2, 0.25) is 0 Å². The maximum absolute atomic E-state index is 12.6. The van der Waals surface area contributed by atoms with Gasteiger partial charge in [0.1, 0.15) is 10.6 Å². The fraction of sp³-hybridized carbons (Fsp3) is 0.588. The van der Waals surface area contributed by atoms with Gasteiger partial charge in [-0.25, -0.2) is 13.1 Å². The van der Waals surface area contributed by atoms with Gasteiger partial charge in [0.15, 0.2) is 0 Å². The van der Waals surface area contributed by atoms with Gasteiger partial charge in [-0.3, -0.25) is 4.79 Å². The summed E-state index contributed by atoms with van der Waals surface area (Å²) in [6.07, 6.45) is 3.75. The molecule has 0 aliphatic heterocycles. The van der Waals surface area contributed by atoms with Crippen LogP contribution in [-0.2, 0) is 10.0 Å². The Bertz CT molecular complexity index is 778. The van der Waals surface area contributed by atoms with E-state index in [1.54, 1.807) is 6.07 Å². The monoisotopic (exact) mass is 403 g/mol. The Morgan fingerprint density at radius 1 is 1.31 bits per heavy atom. The highest BCUT2D eigenvalue weighted by atomic mass is 35.5. The first-order chi connectivity index (χ1) is 11.8. The van der Waals surface area contributed by atoms with Gasteiger partial charge in [-0.05, 0) is 56.7 Å². The molecule has 1 amide bonds. The summed E-state index contributed by atoms with van der Waals surface area (Å²) in [6, 6.07) is 4.41. The van der Waals surface area contributed by atoms with E-state index in [2.05, 4.69) is 10.0 Å². The lowest BCUT2D eigenvalue weighted by molar-refractivity contribution is 0.0897. The van der Waals surface area contributed by atoms with E-state index >= 15 is 0 Å². The topological polar surface area (TPSA) is 111 Å². The van der Waals surface area contributed by atoms with Gasteiger partial charge < -0.3 is 15.8 Å². The summed E-state index contributed by atoms with van der Waals surface area (Å²) < 4.78 is 32.9. The van der Waals surface area contributed by atoms with Gasteiger partial charge in [0.25, 0.3) is 5.91 Å². The van der Waals surface area contributed by atoms with Crippen molar-refractivity contribution in [3.05, 3.63) is 23.8 Å². The first kappa shape index (κ1) is 21.0. The van der Waals surface area contributed by atoms with Crippen molar-refractivity contribution in [3.63, 3.8) is 0 Å². The number of carbonyl (C=O) groups is 1. The van der Waals surface area contributed by atoms with E-state index in [0.29, 0.717) is 12.5 Å². The van der Waals surface area contributed by atoms with E-state index in [4.69, 9.17) is 10.5 Å². The zero-order valence-corrected chi connectivity index (χ0v) is 16.6. The number of hydrogen-bond acceptors (Lipinski definition) is 5. The fourth-order valence-electron chi connectivity index (χ4n) is 2.88. The minimum absolute atomic E-state index is 0. The van der Waals surface area contributed by atoms with E-state index in [1.165, 1.54) is 19.2 Å². The van der Waals surface area contributed by atoms with Crippen LogP contribution in [0.25, 0.3) is 0 Å². The second-order valence-corrected chi connectivity index (χ2v) is 8.79. The molecule has 9 heteroatoms. The lowest BCUT2D eigenvalue weighted by atomic mass is 9.95. The minimum atomic E-state index is -3.73. The zero-order valence-electron chi connectivity index (χ0n) is 14.9. The molecule has 3 rings (SSSR count). The number of ether oxygens (including phenoxy) is 1. The molecular formula is C17H26ClN3O4S. The molecule has 26 heavy (non-hydrogen) atoms. The van der Waals surface area contributed by atoms with Crippen LogP contribution in [0.1, 0.15) is 43.0 Å². The Morgan fingerprint density at radius 3 is 2.46 bits per heavy atom. The van der Waals surface area contributed by atoms with Crippen molar-refractivity contribution >= 4 is 28.3 Å². The molecule has 0 saturated heterocycles. The quantitative estimate of drug-likeness (QED) is 0.607. The number of methoxy groups -OCH3 is 1. The molecule has 1 aromatic rings. The number of sulfonamides is 1. The van der Waals surface area contributed by atoms with E-state index in [-0.39, 0.29) is 40.6 Å². The number of hydrogen-bond donors (Lipinski definition) is 3. The van der Waals surface area contributed by atoms with Crippen molar-refractivity contribution in [1.29, 1.82) is 0 Å². The summed E-state index contributed by atoms with van der Waals surface area (Å²) in [7, 11) is -2.32. The maximum atomic E-state index is 12.6. The molecule has 1 atom stereocenters. The van der Waals surface area contributed by atoms with Crippen molar-refractivity contribution < 1.29 is 17.9 Å². The summed E-state index contributed by atoms with van der Waals surface area (Å²) in [4.78, 5) is 12.6. The predicted molar refractivity (Wildman–Crippen MR) is 101 cm³/mol. The van der Waals surface area contributed by atoms with Gasteiger partial charge in [-0.1, -0.05) is 0 Å². The molecule has 0 bridgehead atoms. The van der Waals surface area contributed by atoms with E-state index in [1.807, 2.05) is 6.92 Å². The second-order valence-electron chi connectivity index (χ2n) is 7.11. The molecule has 0 spiro atoms. The lowest BCUT2D eigenvalue weighted by Crippen LogP contribution is -2.53. The van der Waals surface area contributed by atoms with Crippen molar-refractivity contribution in [1.82, 2.24) is 10.0 Å². The Balaban J connectivity index is 0.00000243. The molecule has 1 unspecified atom stereocenters. The normalized spacial score (nSPS) is 19.2. The molecule has 2 aliphatic rings. The molecule has 146 valence electrons. The highest BCUT2D eigenvalue weighted by Gasteiger charge is 2.41. The standard InChI is InChI=1S/C17H25N3O4S.ClH/c1-17(10-18,12-4-5-12)19-16(21)11-3-8-14(24-2)15(9-11)25(22,23)20-13-6-7-13;/h3,8-9,12-13,20H,4-7,10,18H2,1-2H3,(H,19,21);1H. The SMILES string of the molecule is COc1ccc(C(=O)NC(C)(CN)C2CC2)cc1S(=O)(=O)NC1CC1.Cl. The maximum Gasteiger partial charge on any atom is 0.251 e. The number of rotatable bonds is 8. The number of benzene rings is 1. The molecule has 7 nitrogen and oxygen atoms in total. The molecule has 2 aliphatic carbocycles. The first-order valence-electron chi connectivity index (χ1n) is 8.52. The third-order valence-electron chi connectivity index (χ3n) is 4.92. The van der Waals surface area contributed by atoms with Crippen LogP contribution in [0.15, 0.2) is 23.1 Å². The lowest BCUT2D eigenvalue weighted by Gasteiger charge is -2.29. The van der Waals surface area contributed by atoms with Crippen molar-refractivity contribution in [3.8, 4) is 5.75 Å². The van der Waals surface area contributed by atoms with Crippen LogP contribution in [0.4, 0.5) is 0 Å². The molecule has 4 N–H and O–H groups in total. The minimum Gasteiger partial charge on any atom is -0.495 e. The van der Waals surface area contributed by atoms with Crippen LogP contribution < -0.4 is 20.5 Å². The Hall–Kier alpha value is -1.35. The van der Waals surface area contributed by atoms with Gasteiger partial charge in [-0.15, -0.1) is 12.4 Å². The van der Waals surface area contributed by atoms with Gasteiger partial charge in [-0.2, -0.15) is 0 Å². The third-order valence-corrected chi connectivity index (χ3v) is 6.46. The van der Waals surface area contributed by atoms with Gasteiger partial charge >= 0.3 is 0 Å². The molecule has 1 aromatic carbocycles. The smallest absolute Gasteiger partial charge is 0.251 e. The molecule has 0 radical (unpaired) electrons. The van der Waals surface area contributed by atoms with Crippen molar-refractivity contribution in [2.24, 2.45) is 11.7 Å². The highest BCUT2D eigenvalue weighted by Crippen LogP contribution is 2.39. The van der Waals surface area contributed by atoms with E-state index < -0.39 is 15.6 Å². The Morgan fingerprint density at radius 2 is 1.96 bits per heavy atom. The fourth-order valence-corrected chi connectivity index (χ4v) is 4.38. The van der Waals surface area contributed by atoms with Crippen LogP contribution in [0.5, 0.6) is 5.75 Å². The number of carbonyl (C=O) groups excluding carboxylic acids is 1. The summed E-state index contributed by atoms with van der Waals surface area (Å²) in [5.74, 6) is 0.262. The number of halogens is 1. The van der Waals surface area contributed by atoms with Gasteiger partial charge in [0, 0.05) is 18.2 Å². The predicted octanol–water partition coefficient (Wildman–Crippen LogP) is 1.41. The third kappa shape index (κ3) is 4.49. The number of nitrogens with two attached hydrogens (primary N) is 1. The molecule has 0 heterocycles. The molecule has 0 aromatic heterocycles. The molecular weight excluding hydrogens is 378 g/mol. The summed E-state index contributed by atoms with van der Waals surface area (Å²) in [5, 5.41) is 2.97. The largest absolute Gasteiger partial charge is 0.495 e. The zero-order chi connectivity index (χ0) is 18.2. The summed E-state index contributed by atoms with van der Waals surface area (Å²) in [6.45, 7) is 2.27. The molecule has 2 fully saturated rings. The van der Waals surface area contributed by atoms with Gasteiger partial charge in [0.05, 0.1) is 12.6 Å². The van der Waals surface area contributed by atoms with Crippen molar-refractivity contribution in [2.75, 3.05) is 13.7 Å². The summed E-state index contributed by atoms with van der Waals surface area (Å²) in [5.41, 5.74) is 5.65. The van der Waals surface area contributed by atoms with E-state index in [0.717, 1.165) is 25.7 Å². The van der Waals surface area contributed by atoms with Gasteiger partial charge in [0.2, 0.25) is 10.0 Å². The van der Waals surface area contributed by atoms with Crippen LogP contribution in [0, 0.1) is 5.92 Å². The summed E-state index contributed by atoms with van der Waals surface area (Å²) >= 11 is 0. The Kier molecular flexibility index (Phi) is 6.22. The second kappa shape index (κ2) is 7.72. The first-order valence-corrected chi connectivity index (χ1v) is 10.0. The van der Waals surface area contributed by atoms with Crippen LogP contribution >= 0.6 is 12.4 Å². The van der Waals surface area contributed by atoms with E-state index in [9.17, 15) is 13.2 Å². The Labute approximate surface area is 160 Å². The molecule has 2 saturated carbocycles. The average molecular weight is 404 g/mol. The number of amides is 1. The van der Waals surface area contributed by atoms with Crippen LogP contribution in [-0.4, -0.2) is 39.6 Å². The number of nitrogens with one attached hydrogen (secondary N) is 2. The highest BCUT2D eigenvalue weighted by molar-refractivity contribution is 7.89. The average Bonchev–Trinajstić information content (AvgIpc) is 3.46. The van der Waals surface area contributed by atoms with Crippen molar-refractivity contribution in [2.45, 2.75) is 49.1 Å².